The van der Waals surface area contributed by atoms with Crippen LogP contribution in [0.25, 0.3) is 0 Å². The van der Waals surface area contributed by atoms with Gasteiger partial charge >= 0.3 is 0 Å². The highest BCUT2D eigenvalue weighted by molar-refractivity contribution is 7.09. The number of aromatic nitrogens is 1. The summed E-state index contributed by atoms with van der Waals surface area (Å²) in [6, 6.07) is 0.623. The van der Waals surface area contributed by atoms with Crippen molar-refractivity contribution in [2.45, 2.75) is 39.3 Å². The molecule has 0 radical (unpaired) electrons. The molecule has 0 aliphatic rings. The van der Waals surface area contributed by atoms with Crippen molar-refractivity contribution in [1.29, 1.82) is 0 Å². The molecule has 0 fully saturated rings. The molecule has 1 aromatic heterocycles. The topological polar surface area (TPSA) is 50.9 Å². The van der Waals surface area contributed by atoms with E-state index in [1.165, 1.54) is 5.01 Å². The Bertz CT molecular complexity index is 259. The van der Waals surface area contributed by atoms with E-state index in [9.17, 15) is 0 Å². The van der Waals surface area contributed by atoms with E-state index in [0.29, 0.717) is 12.0 Å². The number of hydrogen-bond acceptors (Lipinski definition) is 4. The van der Waals surface area contributed by atoms with Gasteiger partial charge in [-0.2, -0.15) is 0 Å². The molecule has 3 N–H and O–H groups in total. The van der Waals surface area contributed by atoms with Crippen molar-refractivity contribution in [2.75, 3.05) is 6.54 Å². The number of nitrogens with zero attached hydrogens (tertiary/aromatic N) is 1. The highest BCUT2D eigenvalue weighted by atomic mass is 32.1. The zero-order valence-corrected chi connectivity index (χ0v) is 10.6. The molecule has 4 heteroatoms. The summed E-state index contributed by atoms with van der Waals surface area (Å²) in [7, 11) is 0. The van der Waals surface area contributed by atoms with Gasteiger partial charge in [0.05, 0.1) is 6.04 Å². The fourth-order valence-corrected chi connectivity index (χ4v) is 2.12. The lowest BCUT2D eigenvalue weighted by Crippen LogP contribution is -2.34. The van der Waals surface area contributed by atoms with Gasteiger partial charge in [-0.3, -0.25) is 0 Å². The largest absolute Gasteiger partial charge is 0.328 e. The minimum absolute atomic E-state index is 0.242. The zero-order valence-electron chi connectivity index (χ0n) is 9.73. The first-order valence-corrected chi connectivity index (χ1v) is 6.41. The van der Waals surface area contributed by atoms with Gasteiger partial charge in [0.2, 0.25) is 0 Å². The predicted molar refractivity (Wildman–Crippen MR) is 66.0 cm³/mol. The van der Waals surface area contributed by atoms with Crippen LogP contribution in [-0.2, 0) is 0 Å². The summed E-state index contributed by atoms with van der Waals surface area (Å²) in [5, 5.41) is 6.72. The lowest BCUT2D eigenvalue weighted by Gasteiger charge is -2.20. The number of rotatable bonds is 6. The molecule has 0 saturated carbocycles. The summed E-state index contributed by atoms with van der Waals surface area (Å²) >= 11 is 1.71. The van der Waals surface area contributed by atoms with E-state index in [1.807, 2.05) is 11.6 Å². The maximum Gasteiger partial charge on any atom is 0.109 e. The molecule has 0 bridgehead atoms. The molecule has 15 heavy (non-hydrogen) atoms. The van der Waals surface area contributed by atoms with Crippen LogP contribution in [-0.4, -0.2) is 17.6 Å². The molecular formula is C11H21N3S. The number of nitrogens with two attached hydrogens (primary N) is 1. The summed E-state index contributed by atoms with van der Waals surface area (Å²) in [5.41, 5.74) is 5.83. The fraction of sp³-hybridized carbons (Fsp3) is 0.727. The van der Waals surface area contributed by atoms with Crippen molar-refractivity contribution in [3.8, 4) is 0 Å². The first kappa shape index (κ1) is 12.6. The molecule has 3 unspecified atom stereocenters. The van der Waals surface area contributed by atoms with Crippen LogP contribution in [0.5, 0.6) is 0 Å². The Morgan fingerprint density at radius 2 is 2.27 bits per heavy atom. The van der Waals surface area contributed by atoms with Crippen LogP contribution in [0.15, 0.2) is 11.6 Å². The molecule has 1 heterocycles. The normalized spacial score (nSPS) is 17.3. The molecule has 1 aromatic rings. The Morgan fingerprint density at radius 3 is 2.73 bits per heavy atom. The van der Waals surface area contributed by atoms with Crippen LogP contribution in [0.1, 0.15) is 38.2 Å². The SMILES string of the molecule is CCC(NCC(C)C(C)N)c1nccs1. The third-order valence-corrected chi connectivity index (χ3v) is 3.63. The zero-order chi connectivity index (χ0) is 11.3. The minimum atomic E-state index is 0.242. The van der Waals surface area contributed by atoms with Crippen molar-refractivity contribution in [3.63, 3.8) is 0 Å². The van der Waals surface area contributed by atoms with Crippen LogP contribution in [0.3, 0.4) is 0 Å². The van der Waals surface area contributed by atoms with E-state index in [4.69, 9.17) is 5.73 Å². The Kier molecular flexibility index (Phi) is 5.22. The average Bonchev–Trinajstić information content (AvgIpc) is 2.71. The summed E-state index contributed by atoms with van der Waals surface area (Å²) < 4.78 is 0. The molecule has 0 spiro atoms. The monoisotopic (exact) mass is 227 g/mol. The number of hydrogen-bond donors (Lipinski definition) is 2. The smallest absolute Gasteiger partial charge is 0.109 e. The van der Waals surface area contributed by atoms with Gasteiger partial charge in [0, 0.05) is 17.6 Å². The van der Waals surface area contributed by atoms with Crippen LogP contribution < -0.4 is 11.1 Å². The van der Waals surface area contributed by atoms with Crippen molar-refractivity contribution in [2.24, 2.45) is 11.7 Å². The second kappa shape index (κ2) is 6.20. The summed E-state index contributed by atoms with van der Waals surface area (Å²) in [6.07, 6.45) is 2.93. The predicted octanol–water partition coefficient (Wildman–Crippen LogP) is 2.17. The standard InChI is InChI=1S/C11H21N3S/c1-4-10(11-13-5-6-15-11)14-7-8(2)9(3)12/h5-6,8-10,14H,4,7,12H2,1-3H3. The van der Waals surface area contributed by atoms with Gasteiger partial charge in [-0.25, -0.2) is 4.98 Å². The Hall–Kier alpha value is -0.450. The molecule has 0 aliphatic carbocycles. The number of thiazole rings is 1. The maximum atomic E-state index is 5.83. The first-order chi connectivity index (χ1) is 7.15. The third-order valence-electron chi connectivity index (χ3n) is 2.74. The highest BCUT2D eigenvalue weighted by Gasteiger charge is 2.14. The van der Waals surface area contributed by atoms with E-state index in [-0.39, 0.29) is 6.04 Å². The molecule has 1 rings (SSSR count). The third kappa shape index (κ3) is 3.89. The van der Waals surface area contributed by atoms with Crippen LogP contribution >= 0.6 is 11.3 Å². The van der Waals surface area contributed by atoms with Crippen molar-refractivity contribution in [3.05, 3.63) is 16.6 Å². The Morgan fingerprint density at radius 1 is 1.53 bits per heavy atom. The second-order valence-corrected chi connectivity index (χ2v) is 5.00. The van der Waals surface area contributed by atoms with Gasteiger partial charge in [-0.15, -0.1) is 11.3 Å². The maximum absolute atomic E-state index is 5.83. The van der Waals surface area contributed by atoms with Gasteiger partial charge in [0.1, 0.15) is 5.01 Å². The lowest BCUT2D eigenvalue weighted by atomic mass is 10.0. The molecule has 3 nitrogen and oxygen atoms in total. The van der Waals surface area contributed by atoms with E-state index < -0.39 is 0 Å². The summed E-state index contributed by atoms with van der Waals surface area (Å²) in [5.74, 6) is 0.499. The van der Waals surface area contributed by atoms with Crippen molar-refractivity contribution >= 4 is 11.3 Å². The molecule has 0 amide bonds. The van der Waals surface area contributed by atoms with Crippen LogP contribution in [0.2, 0.25) is 0 Å². The minimum Gasteiger partial charge on any atom is -0.328 e. The van der Waals surface area contributed by atoms with Gasteiger partial charge in [0.25, 0.3) is 0 Å². The summed E-state index contributed by atoms with van der Waals surface area (Å²) in [4.78, 5) is 4.33. The van der Waals surface area contributed by atoms with E-state index in [2.05, 4.69) is 31.1 Å². The lowest BCUT2D eigenvalue weighted by molar-refractivity contribution is 0.404. The first-order valence-electron chi connectivity index (χ1n) is 5.53. The van der Waals surface area contributed by atoms with Crippen LogP contribution in [0, 0.1) is 5.92 Å². The van der Waals surface area contributed by atoms with Gasteiger partial charge in [0.15, 0.2) is 0 Å². The summed E-state index contributed by atoms with van der Waals surface area (Å²) in [6.45, 7) is 7.36. The second-order valence-electron chi connectivity index (χ2n) is 4.08. The van der Waals surface area contributed by atoms with Crippen molar-refractivity contribution < 1.29 is 0 Å². The Balaban J connectivity index is 2.42. The molecule has 0 aromatic carbocycles. The Labute approximate surface area is 96.1 Å². The van der Waals surface area contributed by atoms with E-state index >= 15 is 0 Å². The highest BCUT2D eigenvalue weighted by Crippen LogP contribution is 2.18. The molecule has 0 aliphatic heterocycles. The number of nitrogens with one attached hydrogen (secondary N) is 1. The van der Waals surface area contributed by atoms with Crippen LogP contribution in [0.4, 0.5) is 0 Å². The van der Waals surface area contributed by atoms with Gasteiger partial charge < -0.3 is 11.1 Å². The van der Waals surface area contributed by atoms with E-state index in [1.54, 1.807) is 11.3 Å². The average molecular weight is 227 g/mol. The van der Waals surface area contributed by atoms with Gasteiger partial charge in [-0.1, -0.05) is 13.8 Å². The molecule has 3 atom stereocenters. The van der Waals surface area contributed by atoms with Gasteiger partial charge in [-0.05, 0) is 25.8 Å². The van der Waals surface area contributed by atoms with Crippen molar-refractivity contribution in [1.82, 2.24) is 10.3 Å². The fourth-order valence-electron chi connectivity index (χ4n) is 1.33. The quantitative estimate of drug-likeness (QED) is 0.783. The molecule has 0 saturated heterocycles. The molecule has 86 valence electrons. The molecular weight excluding hydrogens is 206 g/mol. The van der Waals surface area contributed by atoms with E-state index in [0.717, 1.165) is 13.0 Å².